The SMILES string of the molecule is COc1ccc([C@@H]2c3sc(=O)[nH]c3S[C@@H]3[C@@H]4C[C@H]([C@H]5C(=O)N(CCCC(=O)O)C(=O)[C@H]45)[C@H]23)cc1. The number of H-pyrrole nitrogens is 1. The monoisotopic (exact) mass is 500 g/mol. The Morgan fingerprint density at radius 2 is 1.85 bits per heavy atom. The lowest BCUT2D eigenvalue weighted by Gasteiger charge is -2.43. The Balaban J connectivity index is 1.36. The number of aliphatic carboxylic acids is 1. The van der Waals surface area contributed by atoms with Crippen LogP contribution >= 0.6 is 23.1 Å². The van der Waals surface area contributed by atoms with Crippen molar-refractivity contribution in [3.8, 4) is 5.75 Å². The third kappa shape index (κ3) is 3.11. The predicted molar refractivity (Wildman–Crippen MR) is 125 cm³/mol. The molecular formula is C24H24N2O6S2. The molecule has 6 rings (SSSR count). The van der Waals surface area contributed by atoms with Crippen molar-refractivity contribution in [2.24, 2.45) is 29.6 Å². The van der Waals surface area contributed by atoms with Gasteiger partial charge in [0.2, 0.25) is 11.8 Å². The quantitative estimate of drug-likeness (QED) is 0.586. The van der Waals surface area contributed by atoms with Crippen LogP contribution < -0.4 is 9.61 Å². The largest absolute Gasteiger partial charge is 0.497 e. The second-order valence-corrected chi connectivity index (χ2v) is 11.8. The highest BCUT2D eigenvalue weighted by Gasteiger charge is 2.69. The van der Waals surface area contributed by atoms with Crippen molar-refractivity contribution in [3.05, 3.63) is 44.4 Å². The molecule has 4 aliphatic rings. The van der Waals surface area contributed by atoms with Gasteiger partial charge in [-0.1, -0.05) is 23.5 Å². The molecule has 34 heavy (non-hydrogen) atoms. The fourth-order valence-corrected chi connectivity index (χ4v) is 9.76. The van der Waals surface area contributed by atoms with Gasteiger partial charge in [0.05, 0.1) is 24.0 Å². The topological polar surface area (TPSA) is 117 Å². The summed E-state index contributed by atoms with van der Waals surface area (Å²) in [4.78, 5) is 55.1. The summed E-state index contributed by atoms with van der Waals surface area (Å²) < 4.78 is 5.33. The molecule has 2 saturated carbocycles. The second kappa shape index (κ2) is 7.98. The highest BCUT2D eigenvalue weighted by Crippen LogP contribution is 2.68. The molecule has 1 aromatic carbocycles. The van der Waals surface area contributed by atoms with Gasteiger partial charge in [-0.2, -0.15) is 0 Å². The number of carboxylic acid groups (broad SMARTS) is 1. The number of aromatic amines is 1. The van der Waals surface area contributed by atoms with Gasteiger partial charge in [0, 0.05) is 29.0 Å². The molecule has 2 aromatic rings. The number of nitrogens with zero attached hydrogens (tertiary/aromatic N) is 1. The molecule has 3 heterocycles. The third-order valence-corrected chi connectivity index (χ3v) is 10.7. The zero-order valence-electron chi connectivity index (χ0n) is 18.4. The van der Waals surface area contributed by atoms with E-state index >= 15 is 0 Å². The second-order valence-electron chi connectivity index (χ2n) is 9.56. The maximum atomic E-state index is 13.4. The number of thiazole rings is 1. The number of hydrogen-bond acceptors (Lipinski definition) is 7. The third-order valence-electron chi connectivity index (χ3n) is 8.06. The number of nitrogens with one attached hydrogen (secondary N) is 1. The molecule has 2 aliphatic heterocycles. The van der Waals surface area contributed by atoms with E-state index in [1.807, 2.05) is 24.3 Å². The Kier molecular flexibility index (Phi) is 5.14. The lowest BCUT2D eigenvalue weighted by atomic mass is 9.68. The number of ether oxygens (including phenoxy) is 1. The fourth-order valence-electron chi connectivity index (χ4n) is 6.87. The number of benzene rings is 1. The minimum Gasteiger partial charge on any atom is -0.497 e. The number of amides is 2. The molecule has 3 fully saturated rings. The van der Waals surface area contributed by atoms with Gasteiger partial charge in [0.15, 0.2) is 0 Å². The first-order chi connectivity index (χ1) is 16.4. The fraction of sp³-hybridized carbons (Fsp3) is 0.500. The minimum atomic E-state index is -0.927. The average molecular weight is 501 g/mol. The van der Waals surface area contributed by atoms with E-state index in [-0.39, 0.29) is 76.8 Å². The summed E-state index contributed by atoms with van der Waals surface area (Å²) in [6, 6.07) is 7.92. The number of imide groups is 1. The van der Waals surface area contributed by atoms with Gasteiger partial charge in [-0.25, -0.2) is 0 Å². The van der Waals surface area contributed by atoms with E-state index in [1.165, 1.54) is 16.2 Å². The molecule has 0 unspecified atom stereocenters. The summed E-state index contributed by atoms with van der Waals surface area (Å²) in [5, 5.41) is 9.98. The van der Waals surface area contributed by atoms with Crippen LogP contribution in [-0.2, 0) is 14.4 Å². The maximum Gasteiger partial charge on any atom is 0.305 e. The van der Waals surface area contributed by atoms with Crippen LogP contribution in [0.2, 0.25) is 0 Å². The Labute approximate surface area is 203 Å². The van der Waals surface area contributed by atoms with Crippen LogP contribution in [0.1, 0.15) is 35.6 Å². The molecule has 1 aromatic heterocycles. The van der Waals surface area contributed by atoms with Gasteiger partial charge in [-0.3, -0.25) is 24.1 Å². The van der Waals surface area contributed by atoms with Crippen LogP contribution in [-0.4, -0.2) is 51.7 Å². The maximum absolute atomic E-state index is 13.4. The minimum absolute atomic E-state index is 0.0176. The van der Waals surface area contributed by atoms with Crippen molar-refractivity contribution in [3.63, 3.8) is 0 Å². The van der Waals surface area contributed by atoms with Gasteiger partial charge in [0.25, 0.3) is 0 Å². The van der Waals surface area contributed by atoms with Gasteiger partial charge in [0.1, 0.15) is 5.75 Å². The zero-order chi connectivity index (χ0) is 23.7. The Hall–Kier alpha value is -2.59. The molecule has 8 nitrogen and oxygen atoms in total. The number of aromatic nitrogens is 1. The standard InChI is InChI=1S/C24H24N2O6S2/c1-32-11-6-4-10(5-7-11)15-16-12-9-13(19(16)33-21-20(15)34-24(31)25-21)18-17(12)22(29)26(23(18)30)8-2-3-14(27)28/h4-7,12-13,15-19H,2-3,8-9H2,1H3,(H,25,31)(H,27,28)/t12-,13+,15-,16+,17+,18+,19+/m0/s1. The first kappa shape index (κ1) is 21.9. The highest BCUT2D eigenvalue weighted by atomic mass is 32.2. The van der Waals surface area contributed by atoms with Gasteiger partial charge in [-0.05, 0) is 48.3 Å². The number of likely N-dealkylation sites (tertiary alicyclic amines) is 1. The number of fused-ring (bicyclic) bond motifs is 9. The molecule has 2 amide bonds. The van der Waals surface area contributed by atoms with Crippen LogP contribution in [0.5, 0.6) is 5.75 Å². The molecule has 178 valence electrons. The van der Waals surface area contributed by atoms with Crippen LogP contribution in [0, 0.1) is 29.6 Å². The average Bonchev–Trinajstić information content (AvgIpc) is 3.54. The molecule has 0 radical (unpaired) electrons. The Morgan fingerprint density at radius 1 is 1.15 bits per heavy atom. The van der Waals surface area contributed by atoms with Crippen LogP contribution in [0.4, 0.5) is 0 Å². The van der Waals surface area contributed by atoms with E-state index < -0.39 is 5.97 Å². The summed E-state index contributed by atoms with van der Waals surface area (Å²) in [5.74, 6) is -0.861. The van der Waals surface area contributed by atoms with Gasteiger partial charge < -0.3 is 14.8 Å². The first-order valence-corrected chi connectivity index (χ1v) is 13.2. The number of carbonyl (C=O) groups excluding carboxylic acids is 2. The summed E-state index contributed by atoms with van der Waals surface area (Å²) in [6.07, 6.45) is 1.05. The molecular weight excluding hydrogens is 476 g/mol. The molecule has 2 aliphatic carbocycles. The molecule has 2 N–H and O–H groups in total. The molecule has 10 heteroatoms. The van der Waals surface area contributed by atoms with E-state index in [2.05, 4.69) is 4.98 Å². The summed E-state index contributed by atoms with van der Waals surface area (Å²) in [5.41, 5.74) is 1.09. The Morgan fingerprint density at radius 3 is 2.53 bits per heavy atom. The van der Waals surface area contributed by atoms with Gasteiger partial charge in [-0.15, -0.1) is 11.8 Å². The van der Waals surface area contributed by atoms with Crippen LogP contribution in [0.3, 0.4) is 0 Å². The van der Waals surface area contributed by atoms with Crippen molar-refractivity contribution in [1.82, 2.24) is 9.88 Å². The van der Waals surface area contributed by atoms with E-state index in [4.69, 9.17) is 9.84 Å². The van der Waals surface area contributed by atoms with Crippen molar-refractivity contribution in [1.29, 1.82) is 0 Å². The first-order valence-electron chi connectivity index (χ1n) is 11.5. The van der Waals surface area contributed by atoms with Crippen molar-refractivity contribution < 1.29 is 24.2 Å². The Bertz CT molecular complexity index is 1240. The van der Waals surface area contributed by atoms with E-state index in [0.717, 1.165) is 27.6 Å². The smallest absolute Gasteiger partial charge is 0.305 e. The normalized spacial score (nSPS) is 33.1. The molecule has 1 saturated heterocycles. The molecule has 7 atom stereocenters. The lowest BCUT2D eigenvalue weighted by molar-refractivity contribution is -0.142. The van der Waals surface area contributed by atoms with Crippen LogP contribution in [0.25, 0.3) is 0 Å². The predicted octanol–water partition coefficient (Wildman–Crippen LogP) is 2.78. The molecule has 2 bridgehead atoms. The summed E-state index contributed by atoms with van der Waals surface area (Å²) >= 11 is 2.90. The lowest BCUT2D eigenvalue weighted by Crippen LogP contribution is -2.42. The number of thioether (sulfide) groups is 1. The van der Waals surface area contributed by atoms with E-state index in [1.54, 1.807) is 18.9 Å². The van der Waals surface area contributed by atoms with E-state index in [0.29, 0.717) is 0 Å². The zero-order valence-corrected chi connectivity index (χ0v) is 20.1. The number of carboxylic acids is 1. The van der Waals surface area contributed by atoms with Crippen molar-refractivity contribution in [2.75, 3.05) is 13.7 Å². The van der Waals surface area contributed by atoms with Gasteiger partial charge >= 0.3 is 10.8 Å². The van der Waals surface area contributed by atoms with Crippen molar-refractivity contribution in [2.45, 2.75) is 35.5 Å². The van der Waals surface area contributed by atoms with E-state index in [9.17, 15) is 19.2 Å². The number of carbonyl (C=O) groups is 3. The van der Waals surface area contributed by atoms with Crippen LogP contribution in [0.15, 0.2) is 34.1 Å². The number of hydrogen-bond donors (Lipinski definition) is 2. The summed E-state index contributed by atoms with van der Waals surface area (Å²) in [7, 11) is 1.62. The number of rotatable bonds is 6. The highest BCUT2D eigenvalue weighted by molar-refractivity contribution is 8.00. The van der Waals surface area contributed by atoms with Crippen molar-refractivity contribution >= 4 is 40.9 Å². The molecule has 0 spiro atoms. The summed E-state index contributed by atoms with van der Waals surface area (Å²) in [6.45, 7) is 0.168. The number of methoxy groups -OCH3 is 1.